The van der Waals surface area contributed by atoms with Gasteiger partial charge < -0.3 is 4.90 Å². The average molecular weight is 347 g/mol. The summed E-state index contributed by atoms with van der Waals surface area (Å²) < 4.78 is 1.04. The van der Waals surface area contributed by atoms with Crippen molar-refractivity contribution in [3.05, 3.63) is 34.3 Å². The predicted molar refractivity (Wildman–Crippen MR) is 84.4 cm³/mol. The zero-order valence-corrected chi connectivity index (χ0v) is 14.0. The van der Waals surface area contributed by atoms with Crippen LogP contribution in [0.2, 0.25) is 0 Å². The third-order valence-corrected chi connectivity index (χ3v) is 4.41. The largest absolute Gasteiger partial charge is 0.336 e. The fraction of sp³-hybridized carbons (Fsp3) is 0.533. The van der Waals surface area contributed by atoms with Crippen molar-refractivity contribution in [2.75, 3.05) is 12.4 Å². The molecule has 0 radical (unpaired) electrons. The molecule has 0 aliphatic carbocycles. The van der Waals surface area contributed by atoms with Crippen molar-refractivity contribution in [3.63, 3.8) is 0 Å². The van der Waals surface area contributed by atoms with E-state index in [0.29, 0.717) is 5.88 Å². The van der Waals surface area contributed by atoms with Gasteiger partial charge in [-0.3, -0.25) is 4.79 Å². The van der Waals surface area contributed by atoms with Gasteiger partial charge in [-0.2, -0.15) is 0 Å². The third kappa shape index (κ3) is 4.22. The van der Waals surface area contributed by atoms with Crippen LogP contribution >= 0.6 is 27.5 Å². The molecular weight excluding hydrogens is 326 g/mol. The Morgan fingerprint density at radius 1 is 1.37 bits per heavy atom. The van der Waals surface area contributed by atoms with Crippen LogP contribution in [0.4, 0.5) is 0 Å². The number of nitrogens with zero attached hydrogens (tertiary/aromatic N) is 1. The average Bonchev–Trinajstić information content (AvgIpc) is 2.43. The molecule has 0 fully saturated rings. The molecule has 0 heterocycles. The van der Waals surface area contributed by atoms with Gasteiger partial charge in [0.2, 0.25) is 5.91 Å². The van der Waals surface area contributed by atoms with Gasteiger partial charge in [0, 0.05) is 22.8 Å². The van der Waals surface area contributed by atoms with Crippen molar-refractivity contribution < 1.29 is 4.79 Å². The van der Waals surface area contributed by atoms with Crippen LogP contribution in [0.5, 0.6) is 0 Å². The maximum absolute atomic E-state index is 12.4. The summed E-state index contributed by atoms with van der Waals surface area (Å²) in [5.74, 6) is 0.347. The van der Waals surface area contributed by atoms with E-state index in [0.717, 1.165) is 23.0 Å². The van der Waals surface area contributed by atoms with E-state index in [4.69, 9.17) is 11.6 Å². The van der Waals surface area contributed by atoms with E-state index in [-0.39, 0.29) is 17.9 Å². The van der Waals surface area contributed by atoms with Crippen LogP contribution in [0.3, 0.4) is 0 Å². The molecule has 2 nitrogen and oxygen atoms in total. The Labute approximate surface area is 129 Å². The lowest BCUT2D eigenvalue weighted by atomic mass is 10.0. The van der Waals surface area contributed by atoms with Crippen molar-refractivity contribution in [1.29, 1.82) is 0 Å². The molecule has 2 atom stereocenters. The van der Waals surface area contributed by atoms with Crippen LogP contribution in [-0.2, 0) is 4.79 Å². The van der Waals surface area contributed by atoms with Gasteiger partial charge >= 0.3 is 0 Å². The van der Waals surface area contributed by atoms with Gasteiger partial charge in [-0.25, -0.2) is 0 Å². The number of carbonyl (C=O) groups is 1. The molecule has 19 heavy (non-hydrogen) atoms. The highest BCUT2D eigenvalue weighted by Gasteiger charge is 2.25. The lowest BCUT2D eigenvalue weighted by Crippen LogP contribution is -2.38. The molecule has 0 spiro atoms. The van der Waals surface area contributed by atoms with Gasteiger partial charge in [0.15, 0.2) is 0 Å². The molecule has 106 valence electrons. The van der Waals surface area contributed by atoms with E-state index in [1.165, 1.54) is 0 Å². The highest BCUT2D eigenvalue weighted by atomic mass is 79.9. The molecule has 1 amide bonds. The highest BCUT2D eigenvalue weighted by molar-refractivity contribution is 9.10. The first kappa shape index (κ1) is 16.5. The summed E-state index contributed by atoms with van der Waals surface area (Å²) in [5.41, 5.74) is 1.13. The van der Waals surface area contributed by atoms with Crippen LogP contribution in [0.25, 0.3) is 0 Å². The predicted octanol–water partition coefficient (Wildman–Crippen LogP) is 4.62. The molecule has 0 aliphatic rings. The number of halogens is 2. The number of benzene rings is 1. The van der Waals surface area contributed by atoms with Crippen molar-refractivity contribution >= 4 is 33.4 Å². The standard InChI is InChI=1S/C15H21BrClNO/c1-4-9-18(15(19)11(2)10-17)12(3)13-7-5-6-8-14(13)16/h5-8,11-12H,4,9-10H2,1-3H3. The van der Waals surface area contributed by atoms with Crippen molar-refractivity contribution in [3.8, 4) is 0 Å². The summed E-state index contributed by atoms with van der Waals surface area (Å²) in [4.78, 5) is 14.3. The lowest BCUT2D eigenvalue weighted by Gasteiger charge is -2.31. The van der Waals surface area contributed by atoms with Crippen molar-refractivity contribution in [1.82, 2.24) is 4.90 Å². The molecule has 4 heteroatoms. The van der Waals surface area contributed by atoms with Crippen LogP contribution in [-0.4, -0.2) is 23.2 Å². The van der Waals surface area contributed by atoms with E-state index >= 15 is 0 Å². The SMILES string of the molecule is CCCN(C(=O)C(C)CCl)C(C)c1ccccc1Br. The van der Waals surface area contributed by atoms with Gasteiger partial charge in [0.1, 0.15) is 0 Å². The third-order valence-electron chi connectivity index (χ3n) is 3.22. The summed E-state index contributed by atoms with van der Waals surface area (Å²) in [5, 5.41) is 0. The molecule has 2 unspecified atom stereocenters. The first-order chi connectivity index (χ1) is 9.02. The Morgan fingerprint density at radius 3 is 2.53 bits per heavy atom. The highest BCUT2D eigenvalue weighted by Crippen LogP contribution is 2.28. The number of alkyl halides is 1. The Hall–Kier alpha value is -0.540. The lowest BCUT2D eigenvalue weighted by molar-refractivity contribution is -0.136. The molecule has 0 saturated heterocycles. The first-order valence-corrected chi connectivity index (χ1v) is 7.96. The Kier molecular flexibility index (Phi) is 6.87. The zero-order valence-electron chi connectivity index (χ0n) is 11.7. The van der Waals surface area contributed by atoms with Gasteiger partial charge in [-0.05, 0) is 25.0 Å². The fourth-order valence-corrected chi connectivity index (χ4v) is 2.81. The Bertz CT molecular complexity index is 424. The molecule has 0 bridgehead atoms. The second kappa shape index (κ2) is 7.91. The number of carbonyl (C=O) groups excluding carboxylic acids is 1. The van der Waals surface area contributed by atoms with E-state index in [9.17, 15) is 4.79 Å². The summed E-state index contributed by atoms with van der Waals surface area (Å²) >= 11 is 9.37. The Balaban J connectivity index is 2.99. The molecule has 0 saturated carbocycles. The normalized spacial score (nSPS) is 13.9. The second-order valence-electron chi connectivity index (χ2n) is 4.78. The molecule has 1 aromatic rings. The summed E-state index contributed by atoms with van der Waals surface area (Å²) in [6.45, 7) is 6.78. The van der Waals surface area contributed by atoms with E-state index in [1.807, 2.05) is 30.0 Å². The molecule has 0 aliphatic heterocycles. The van der Waals surface area contributed by atoms with Gasteiger partial charge in [-0.1, -0.05) is 48.0 Å². The maximum Gasteiger partial charge on any atom is 0.227 e. The molecular formula is C15H21BrClNO. The van der Waals surface area contributed by atoms with Crippen molar-refractivity contribution in [2.24, 2.45) is 5.92 Å². The number of amides is 1. The Morgan fingerprint density at radius 2 is 2.00 bits per heavy atom. The molecule has 1 rings (SSSR count). The van der Waals surface area contributed by atoms with Crippen LogP contribution in [0, 0.1) is 5.92 Å². The van der Waals surface area contributed by atoms with E-state index in [2.05, 4.69) is 35.8 Å². The number of hydrogen-bond donors (Lipinski definition) is 0. The van der Waals surface area contributed by atoms with Crippen molar-refractivity contribution in [2.45, 2.75) is 33.2 Å². The maximum atomic E-state index is 12.4. The zero-order chi connectivity index (χ0) is 14.4. The fourth-order valence-electron chi connectivity index (χ4n) is 2.07. The first-order valence-electron chi connectivity index (χ1n) is 6.63. The number of rotatable bonds is 6. The van der Waals surface area contributed by atoms with Gasteiger partial charge in [-0.15, -0.1) is 11.6 Å². The summed E-state index contributed by atoms with van der Waals surface area (Å²) in [7, 11) is 0. The topological polar surface area (TPSA) is 20.3 Å². The summed E-state index contributed by atoms with van der Waals surface area (Å²) in [6, 6.07) is 8.08. The van der Waals surface area contributed by atoms with Gasteiger partial charge in [0.05, 0.1) is 6.04 Å². The summed E-state index contributed by atoms with van der Waals surface area (Å²) in [6.07, 6.45) is 0.940. The molecule has 0 N–H and O–H groups in total. The monoisotopic (exact) mass is 345 g/mol. The van der Waals surface area contributed by atoms with Gasteiger partial charge in [0.25, 0.3) is 0 Å². The van der Waals surface area contributed by atoms with Crippen LogP contribution < -0.4 is 0 Å². The minimum Gasteiger partial charge on any atom is -0.336 e. The van der Waals surface area contributed by atoms with Crippen LogP contribution in [0.15, 0.2) is 28.7 Å². The minimum absolute atomic E-state index is 0.0497. The smallest absolute Gasteiger partial charge is 0.227 e. The molecule has 0 aromatic heterocycles. The van der Waals surface area contributed by atoms with E-state index in [1.54, 1.807) is 0 Å². The number of hydrogen-bond acceptors (Lipinski definition) is 1. The minimum atomic E-state index is -0.141. The second-order valence-corrected chi connectivity index (χ2v) is 5.95. The molecule has 1 aromatic carbocycles. The van der Waals surface area contributed by atoms with E-state index < -0.39 is 0 Å². The quantitative estimate of drug-likeness (QED) is 0.688. The van der Waals surface area contributed by atoms with Crippen LogP contribution in [0.1, 0.15) is 38.8 Å².